The first-order valence-corrected chi connectivity index (χ1v) is 23.0. The Kier molecular flexibility index (Phi) is 37.6. The first-order chi connectivity index (χ1) is 27.6. The van der Waals surface area contributed by atoms with E-state index >= 15 is 0 Å². The van der Waals surface area contributed by atoms with Gasteiger partial charge in [-0.2, -0.15) is 0 Å². The third-order valence-electron chi connectivity index (χ3n) is 8.77. The van der Waals surface area contributed by atoms with Crippen molar-refractivity contribution in [3.8, 4) is 0 Å². The smallest absolute Gasteiger partial charge is 0.472 e. The fourth-order valence-electron chi connectivity index (χ4n) is 5.46. The van der Waals surface area contributed by atoms with Gasteiger partial charge in [-0.3, -0.25) is 18.6 Å². The lowest BCUT2D eigenvalue weighted by Gasteiger charge is -2.18. The van der Waals surface area contributed by atoms with Gasteiger partial charge in [-0.25, -0.2) is 9.36 Å². The van der Waals surface area contributed by atoms with Crippen LogP contribution in [-0.4, -0.2) is 64.9 Å². The van der Waals surface area contributed by atoms with Gasteiger partial charge in [0.15, 0.2) is 6.04 Å². The van der Waals surface area contributed by atoms with Gasteiger partial charge in [0.2, 0.25) is 5.91 Å². The third kappa shape index (κ3) is 39.5. The molecule has 0 saturated heterocycles. The van der Waals surface area contributed by atoms with Crippen molar-refractivity contribution in [1.82, 2.24) is 5.32 Å². The van der Waals surface area contributed by atoms with Gasteiger partial charge in [-0.1, -0.05) is 170 Å². The number of aliphatic hydroxyl groups excluding tert-OH is 1. The van der Waals surface area contributed by atoms with Gasteiger partial charge in [0, 0.05) is 12.8 Å². The van der Waals surface area contributed by atoms with E-state index < -0.39 is 57.6 Å². The second-order valence-corrected chi connectivity index (χ2v) is 15.6. The van der Waals surface area contributed by atoms with Crippen molar-refractivity contribution in [2.24, 2.45) is 0 Å². The Balaban J connectivity index is 4.02. The molecule has 0 aromatic heterocycles. The summed E-state index contributed by atoms with van der Waals surface area (Å²) in [5, 5.41) is 21.8. The lowest BCUT2D eigenvalue weighted by atomic mass is 10.0. The second-order valence-electron chi connectivity index (χ2n) is 14.2. The van der Waals surface area contributed by atoms with Crippen LogP contribution in [0.1, 0.15) is 162 Å². The summed E-state index contributed by atoms with van der Waals surface area (Å²) in [5.41, 5.74) is 0. The fourth-order valence-corrected chi connectivity index (χ4v) is 6.23. The molecule has 57 heavy (non-hydrogen) atoms. The minimum atomic E-state index is -4.77. The Morgan fingerprint density at radius 2 is 1.00 bits per heavy atom. The van der Waals surface area contributed by atoms with E-state index in [2.05, 4.69) is 73.8 Å². The van der Waals surface area contributed by atoms with Crippen LogP contribution in [0.5, 0.6) is 0 Å². The number of ether oxygens (including phenoxy) is 1. The average molecular weight is 822 g/mol. The topological polar surface area (TPSA) is 169 Å². The average Bonchev–Trinajstić information content (AvgIpc) is 3.18. The lowest BCUT2D eigenvalue weighted by Crippen LogP contribution is -2.43. The van der Waals surface area contributed by atoms with E-state index in [1.54, 1.807) is 0 Å². The number of carboxylic acids is 1. The van der Waals surface area contributed by atoms with Crippen molar-refractivity contribution in [1.29, 1.82) is 0 Å². The minimum Gasteiger partial charge on any atom is -0.480 e. The first kappa shape index (κ1) is 53.9. The van der Waals surface area contributed by atoms with Crippen LogP contribution in [-0.2, 0) is 32.7 Å². The number of hydrogen-bond donors (Lipinski definition) is 4. The van der Waals surface area contributed by atoms with Gasteiger partial charge in [0.25, 0.3) is 0 Å². The third-order valence-corrected chi connectivity index (χ3v) is 9.72. The maximum atomic E-state index is 12.3. The summed E-state index contributed by atoms with van der Waals surface area (Å²) in [6, 6.07) is -1.56. The van der Waals surface area contributed by atoms with Crippen LogP contribution in [0.25, 0.3) is 0 Å². The molecule has 0 aliphatic rings. The van der Waals surface area contributed by atoms with E-state index in [0.717, 1.165) is 57.8 Å². The van der Waals surface area contributed by atoms with Crippen LogP contribution in [0.4, 0.5) is 0 Å². The van der Waals surface area contributed by atoms with Crippen molar-refractivity contribution in [3.05, 3.63) is 72.9 Å². The number of hydrogen-bond acceptors (Lipinski definition) is 8. The minimum absolute atomic E-state index is 0.0963. The molecule has 0 aromatic rings. The molecule has 1 amide bonds. The summed E-state index contributed by atoms with van der Waals surface area (Å²) in [4.78, 5) is 45.8. The van der Waals surface area contributed by atoms with Crippen molar-refractivity contribution in [3.63, 3.8) is 0 Å². The van der Waals surface area contributed by atoms with E-state index in [9.17, 15) is 34.1 Å². The number of aliphatic carboxylic acids is 1. The zero-order chi connectivity index (χ0) is 42.1. The van der Waals surface area contributed by atoms with Crippen LogP contribution in [0.15, 0.2) is 72.9 Å². The molecule has 0 rings (SSSR count). The first-order valence-electron chi connectivity index (χ1n) is 21.5. The Morgan fingerprint density at radius 3 is 1.46 bits per heavy atom. The molecular weight excluding hydrogens is 745 g/mol. The largest absolute Gasteiger partial charge is 0.480 e. The molecule has 4 N–H and O–H groups in total. The number of phosphoric ester groups is 1. The molecule has 0 spiro atoms. The number of allylic oxidation sites excluding steroid dienone is 12. The SMILES string of the molecule is CC/C=C\C/C=C\C/C=C\C/C=C\C/C=C\C/C=C\CCC(=O)OCC(O)COP(=O)(O)OCC(NC(=O)CCCCCCCCCCCCCCCC)C(=O)O. The van der Waals surface area contributed by atoms with E-state index in [-0.39, 0.29) is 12.8 Å². The van der Waals surface area contributed by atoms with E-state index in [4.69, 9.17) is 13.8 Å². The van der Waals surface area contributed by atoms with Gasteiger partial charge in [0.1, 0.15) is 12.7 Å². The number of rotatable bonds is 39. The molecule has 326 valence electrons. The molecule has 3 unspecified atom stereocenters. The van der Waals surface area contributed by atoms with E-state index in [1.807, 2.05) is 18.2 Å². The molecule has 0 radical (unpaired) electrons. The molecule has 0 heterocycles. The molecule has 0 fully saturated rings. The Bertz CT molecular complexity index is 1240. The molecule has 0 saturated carbocycles. The van der Waals surface area contributed by atoms with Crippen molar-refractivity contribution in [2.45, 2.75) is 174 Å². The molecule has 12 heteroatoms. The molecule has 11 nitrogen and oxygen atoms in total. The van der Waals surface area contributed by atoms with Gasteiger partial charge in [-0.05, 0) is 51.4 Å². The van der Waals surface area contributed by atoms with Crippen LogP contribution in [0.3, 0.4) is 0 Å². The summed E-state index contributed by atoms with van der Waals surface area (Å²) in [5.74, 6) is -2.47. The molecular formula is C45H76NO10P. The number of esters is 1. The summed E-state index contributed by atoms with van der Waals surface area (Å²) in [6.07, 6.45) is 46.5. The number of unbranched alkanes of at least 4 members (excludes halogenated alkanes) is 13. The second kappa shape index (κ2) is 39.7. The van der Waals surface area contributed by atoms with Crippen molar-refractivity contribution in [2.75, 3.05) is 19.8 Å². The summed E-state index contributed by atoms with van der Waals surface area (Å²) < 4.78 is 26.7. The quantitative estimate of drug-likeness (QED) is 0.0203. The van der Waals surface area contributed by atoms with Gasteiger partial charge in [-0.15, -0.1) is 0 Å². The Hall–Kier alpha value is -3.08. The molecule has 0 aliphatic heterocycles. The Labute approximate surface area is 344 Å². The highest BCUT2D eigenvalue weighted by molar-refractivity contribution is 7.47. The van der Waals surface area contributed by atoms with Gasteiger partial charge in [0.05, 0.1) is 13.2 Å². The van der Waals surface area contributed by atoms with Crippen molar-refractivity contribution < 1.29 is 47.8 Å². The number of carbonyl (C=O) groups is 3. The normalized spacial score (nSPS) is 14.5. The van der Waals surface area contributed by atoms with Crippen LogP contribution >= 0.6 is 7.82 Å². The molecule has 0 aliphatic carbocycles. The highest BCUT2D eigenvalue weighted by Gasteiger charge is 2.28. The van der Waals surface area contributed by atoms with Gasteiger partial charge < -0.3 is 25.2 Å². The monoisotopic (exact) mass is 822 g/mol. The number of aliphatic hydroxyl groups is 1. The van der Waals surface area contributed by atoms with Crippen LogP contribution in [0.2, 0.25) is 0 Å². The summed E-state index contributed by atoms with van der Waals surface area (Å²) >= 11 is 0. The zero-order valence-electron chi connectivity index (χ0n) is 35.1. The molecule has 0 aromatic carbocycles. The Morgan fingerprint density at radius 1 is 0.579 bits per heavy atom. The molecule has 3 atom stereocenters. The number of nitrogens with one attached hydrogen (secondary N) is 1. The fraction of sp³-hybridized carbons (Fsp3) is 0.667. The summed E-state index contributed by atoms with van der Waals surface area (Å²) in [6.45, 7) is 2.39. The predicted octanol–water partition coefficient (Wildman–Crippen LogP) is 10.9. The van der Waals surface area contributed by atoms with Crippen molar-refractivity contribution >= 4 is 25.7 Å². The van der Waals surface area contributed by atoms with Gasteiger partial charge >= 0.3 is 19.8 Å². The lowest BCUT2D eigenvalue weighted by molar-refractivity contribution is -0.147. The predicted molar refractivity (Wildman–Crippen MR) is 231 cm³/mol. The highest BCUT2D eigenvalue weighted by atomic mass is 31.2. The highest BCUT2D eigenvalue weighted by Crippen LogP contribution is 2.43. The summed E-state index contributed by atoms with van der Waals surface area (Å²) in [7, 11) is -4.77. The maximum Gasteiger partial charge on any atom is 0.472 e. The number of carboxylic acid groups (broad SMARTS) is 1. The van der Waals surface area contributed by atoms with E-state index in [0.29, 0.717) is 12.8 Å². The van der Waals surface area contributed by atoms with E-state index in [1.165, 1.54) is 64.2 Å². The zero-order valence-corrected chi connectivity index (χ0v) is 36.0. The maximum absolute atomic E-state index is 12.3. The standard InChI is InChI=1S/C45H76NO10P/c1-3-5-7-9-11-13-15-17-19-20-21-22-23-25-27-29-31-33-35-37-44(49)54-38-41(47)39-55-57(52,53)56-40-42(45(50)51)46-43(48)36-34-32-30-28-26-24-18-16-14-12-10-8-6-4-2/h5,7,11,13,17,19,21-22,25,27,31,33,41-42,47H,3-4,6,8-10,12,14-16,18,20,23-24,26,28-30,32,34-40H2,1-2H3,(H,46,48)(H,50,51)(H,52,53)/b7-5-,13-11-,19-17-,22-21-,27-25-,33-31-. The van der Waals surface area contributed by atoms with Crippen LogP contribution in [0, 0.1) is 0 Å². The molecule has 0 bridgehead atoms. The van der Waals surface area contributed by atoms with Crippen LogP contribution < -0.4 is 5.32 Å². The number of phosphoric acid groups is 1. The number of carbonyl (C=O) groups excluding carboxylic acids is 2. The number of amides is 1.